The van der Waals surface area contributed by atoms with Crippen molar-refractivity contribution in [2.45, 2.75) is 18.3 Å². The first kappa shape index (κ1) is 9.55. The monoisotopic (exact) mass is 208 g/mol. The molecule has 0 radical (unpaired) electrons. The highest BCUT2D eigenvalue weighted by Gasteiger charge is 2.11. The van der Waals surface area contributed by atoms with Crippen LogP contribution in [0.4, 0.5) is 0 Å². The average molecular weight is 208 g/mol. The van der Waals surface area contributed by atoms with Crippen LogP contribution in [-0.2, 0) is 4.74 Å². The lowest BCUT2D eigenvalue weighted by Crippen LogP contribution is -2.07. The zero-order valence-corrected chi connectivity index (χ0v) is 9.03. The van der Waals surface area contributed by atoms with Crippen molar-refractivity contribution >= 4 is 23.7 Å². The SMILES string of the molecule is COC(C)n1c(S)nc2ccccc21. The number of methoxy groups -OCH3 is 1. The van der Waals surface area contributed by atoms with Crippen molar-refractivity contribution in [3.63, 3.8) is 0 Å². The molecule has 1 aromatic heterocycles. The maximum Gasteiger partial charge on any atom is 0.168 e. The highest BCUT2D eigenvalue weighted by Crippen LogP contribution is 2.23. The van der Waals surface area contributed by atoms with Crippen LogP contribution in [0.5, 0.6) is 0 Å². The largest absolute Gasteiger partial charge is 0.361 e. The van der Waals surface area contributed by atoms with Gasteiger partial charge in [0.15, 0.2) is 5.16 Å². The third kappa shape index (κ3) is 1.40. The summed E-state index contributed by atoms with van der Waals surface area (Å²) in [5.41, 5.74) is 1.99. The van der Waals surface area contributed by atoms with E-state index in [4.69, 9.17) is 4.74 Å². The lowest BCUT2D eigenvalue weighted by molar-refractivity contribution is 0.0571. The number of hydrogen-bond donors (Lipinski definition) is 1. The smallest absolute Gasteiger partial charge is 0.168 e. The molecule has 0 amide bonds. The minimum atomic E-state index is -0.0464. The van der Waals surface area contributed by atoms with Crippen LogP contribution in [0.2, 0.25) is 0 Å². The molecule has 2 rings (SSSR count). The summed E-state index contributed by atoms with van der Waals surface area (Å²) < 4.78 is 7.21. The number of nitrogens with zero attached hydrogens (tertiary/aromatic N) is 2. The first-order valence-corrected chi connectivity index (χ1v) is 4.87. The molecule has 0 aliphatic heterocycles. The summed E-state index contributed by atoms with van der Waals surface area (Å²) in [4.78, 5) is 4.33. The normalized spacial score (nSPS) is 13.4. The van der Waals surface area contributed by atoms with E-state index in [0.717, 1.165) is 11.0 Å². The summed E-state index contributed by atoms with van der Waals surface area (Å²) in [6, 6.07) is 7.92. The maximum absolute atomic E-state index is 5.26. The molecule has 14 heavy (non-hydrogen) atoms. The van der Waals surface area contributed by atoms with Crippen LogP contribution < -0.4 is 0 Å². The number of thiol groups is 1. The van der Waals surface area contributed by atoms with Crippen LogP contribution in [0, 0.1) is 0 Å². The van der Waals surface area contributed by atoms with Gasteiger partial charge in [-0.25, -0.2) is 4.98 Å². The molecule has 74 valence electrons. The van der Waals surface area contributed by atoms with E-state index in [9.17, 15) is 0 Å². The van der Waals surface area contributed by atoms with Crippen molar-refractivity contribution in [2.24, 2.45) is 0 Å². The first-order valence-electron chi connectivity index (χ1n) is 4.42. The molecule has 1 atom stereocenters. The molecule has 4 heteroatoms. The summed E-state index contributed by atoms with van der Waals surface area (Å²) in [6.45, 7) is 1.97. The number of aromatic nitrogens is 2. The van der Waals surface area contributed by atoms with Crippen molar-refractivity contribution in [1.29, 1.82) is 0 Å². The van der Waals surface area contributed by atoms with E-state index in [1.807, 2.05) is 35.8 Å². The first-order chi connectivity index (χ1) is 6.74. The Hall–Kier alpha value is -1.00. The standard InChI is InChI=1S/C10H12N2OS/c1-7(13-2)12-9-6-4-3-5-8(9)11-10(12)14/h3-7H,1-2H3,(H,11,14). The summed E-state index contributed by atoms with van der Waals surface area (Å²) in [5.74, 6) is 0. The van der Waals surface area contributed by atoms with E-state index in [-0.39, 0.29) is 6.23 Å². The second-order valence-corrected chi connectivity index (χ2v) is 3.51. The van der Waals surface area contributed by atoms with E-state index in [1.54, 1.807) is 7.11 Å². The minimum absolute atomic E-state index is 0.0464. The van der Waals surface area contributed by atoms with Crippen molar-refractivity contribution in [3.05, 3.63) is 24.3 Å². The van der Waals surface area contributed by atoms with Crippen molar-refractivity contribution in [1.82, 2.24) is 9.55 Å². The summed E-state index contributed by atoms with van der Waals surface area (Å²) in [5, 5.41) is 0.681. The van der Waals surface area contributed by atoms with Gasteiger partial charge in [0.25, 0.3) is 0 Å². The number of benzene rings is 1. The average Bonchev–Trinajstić information content (AvgIpc) is 2.53. The van der Waals surface area contributed by atoms with Crippen LogP contribution in [0.1, 0.15) is 13.2 Å². The molecular weight excluding hydrogens is 196 g/mol. The number of para-hydroxylation sites is 2. The topological polar surface area (TPSA) is 27.1 Å². The van der Waals surface area contributed by atoms with Crippen LogP contribution >= 0.6 is 12.6 Å². The Morgan fingerprint density at radius 1 is 1.43 bits per heavy atom. The van der Waals surface area contributed by atoms with E-state index in [0.29, 0.717) is 5.16 Å². The van der Waals surface area contributed by atoms with Gasteiger partial charge in [-0.2, -0.15) is 0 Å². The Balaban J connectivity index is 2.67. The van der Waals surface area contributed by atoms with Gasteiger partial charge in [0.2, 0.25) is 0 Å². The fraction of sp³-hybridized carbons (Fsp3) is 0.300. The van der Waals surface area contributed by atoms with Crippen LogP contribution in [-0.4, -0.2) is 16.7 Å². The molecular formula is C10H12N2OS. The fourth-order valence-corrected chi connectivity index (χ4v) is 1.87. The van der Waals surface area contributed by atoms with Gasteiger partial charge in [0.1, 0.15) is 6.23 Å². The molecule has 1 aromatic carbocycles. The van der Waals surface area contributed by atoms with E-state index < -0.39 is 0 Å². The predicted octanol–water partition coefficient (Wildman–Crippen LogP) is 2.49. The molecule has 0 saturated carbocycles. The molecule has 0 N–H and O–H groups in total. The second kappa shape index (κ2) is 3.63. The number of rotatable bonds is 2. The Morgan fingerprint density at radius 2 is 2.14 bits per heavy atom. The van der Waals surface area contributed by atoms with Crippen LogP contribution in [0.15, 0.2) is 29.4 Å². The van der Waals surface area contributed by atoms with E-state index in [1.165, 1.54) is 0 Å². The van der Waals surface area contributed by atoms with Gasteiger partial charge >= 0.3 is 0 Å². The zero-order chi connectivity index (χ0) is 10.1. The highest BCUT2D eigenvalue weighted by molar-refractivity contribution is 7.80. The van der Waals surface area contributed by atoms with Crippen LogP contribution in [0.25, 0.3) is 11.0 Å². The lowest BCUT2D eigenvalue weighted by atomic mass is 10.3. The second-order valence-electron chi connectivity index (χ2n) is 3.11. The zero-order valence-electron chi connectivity index (χ0n) is 8.14. The molecule has 1 unspecified atom stereocenters. The summed E-state index contributed by atoms with van der Waals surface area (Å²) in [6.07, 6.45) is -0.0464. The Bertz CT molecular complexity index is 452. The third-order valence-electron chi connectivity index (χ3n) is 2.28. The molecule has 0 aliphatic carbocycles. The maximum atomic E-state index is 5.26. The predicted molar refractivity (Wildman–Crippen MR) is 58.7 cm³/mol. The Morgan fingerprint density at radius 3 is 2.86 bits per heavy atom. The third-order valence-corrected chi connectivity index (χ3v) is 2.60. The molecule has 3 nitrogen and oxygen atoms in total. The Labute approximate surface area is 88.1 Å². The molecule has 0 bridgehead atoms. The van der Waals surface area contributed by atoms with E-state index >= 15 is 0 Å². The van der Waals surface area contributed by atoms with Gasteiger partial charge in [-0.3, -0.25) is 4.57 Å². The fourth-order valence-electron chi connectivity index (χ4n) is 1.50. The molecule has 0 spiro atoms. The highest BCUT2D eigenvalue weighted by atomic mass is 32.1. The van der Waals surface area contributed by atoms with Gasteiger partial charge in [0, 0.05) is 7.11 Å². The number of fused-ring (bicyclic) bond motifs is 1. The van der Waals surface area contributed by atoms with Gasteiger partial charge in [-0.15, -0.1) is 12.6 Å². The van der Waals surface area contributed by atoms with Crippen molar-refractivity contribution in [2.75, 3.05) is 7.11 Å². The van der Waals surface area contributed by atoms with Gasteiger partial charge in [-0.1, -0.05) is 12.1 Å². The van der Waals surface area contributed by atoms with Gasteiger partial charge < -0.3 is 4.74 Å². The molecule has 0 fully saturated rings. The van der Waals surface area contributed by atoms with Crippen LogP contribution in [0.3, 0.4) is 0 Å². The Kier molecular flexibility index (Phi) is 2.48. The van der Waals surface area contributed by atoms with Crippen molar-refractivity contribution in [3.8, 4) is 0 Å². The number of hydrogen-bond acceptors (Lipinski definition) is 3. The minimum Gasteiger partial charge on any atom is -0.361 e. The summed E-state index contributed by atoms with van der Waals surface area (Å²) in [7, 11) is 1.67. The quantitative estimate of drug-likeness (QED) is 0.768. The molecule has 0 aliphatic rings. The number of ether oxygens (including phenoxy) is 1. The molecule has 0 saturated heterocycles. The van der Waals surface area contributed by atoms with Crippen molar-refractivity contribution < 1.29 is 4.74 Å². The van der Waals surface area contributed by atoms with Gasteiger partial charge in [0.05, 0.1) is 11.0 Å². The van der Waals surface area contributed by atoms with Gasteiger partial charge in [-0.05, 0) is 19.1 Å². The lowest BCUT2D eigenvalue weighted by Gasteiger charge is -2.13. The number of imidazole rings is 1. The summed E-state index contributed by atoms with van der Waals surface area (Å²) >= 11 is 4.32. The molecule has 2 aromatic rings. The van der Waals surface area contributed by atoms with E-state index in [2.05, 4.69) is 17.6 Å². The molecule has 1 heterocycles.